The third kappa shape index (κ3) is 2.60. The molecule has 0 atom stereocenters. The van der Waals surface area contributed by atoms with Gasteiger partial charge in [-0.15, -0.1) is 0 Å². The maximum absolute atomic E-state index is 14.0. The Morgan fingerprint density at radius 3 is 2.60 bits per heavy atom. The summed E-state index contributed by atoms with van der Waals surface area (Å²) in [5.74, 6) is -0.279. The number of hydrogen-bond acceptors (Lipinski definition) is 4. The summed E-state index contributed by atoms with van der Waals surface area (Å²) in [5, 5.41) is 0. The summed E-state index contributed by atoms with van der Waals surface area (Å²) in [4.78, 5) is 14.8. The largest absolute Gasteiger partial charge is 0.494 e. The van der Waals surface area contributed by atoms with Crippen molar-refractivity contribution in [3.8, 4) is 5.75 Å². The molecule has 20 heavy (non-hydrogen) atoms. The monoisotopic (exact) mass is 279 g/mol. The van der Waals surface area contributed by atoms with Gasteiger partial charge in [-0.1, -0.05) is 12.8 Å². The Hall–Kier alpha value is -1.71. The van der Waals surface area contributed by atoms with Crippen LogP contribution in [0, 0.1) is 5.82 Å². The molecule has 1 aromatic rings. The van der Waals surface area contributed by atoms with Crippen LogP contribution in [-0.2, 0) is 21.7 Å². The van der Waals surface area contributed by atoms with Crippen molar-refractivity contribution in [1.29, 1.82) is 0 Å². The third-order valence-corrected chi connectivity index (χ3v) is 3.87. The van der Waals surface area contributed by atoms with Gasteiger partial charge in [-0.3, -0.25) is 0 Å². The Bertz CT molecular complexity index is 532. The van der Waals surface area contributed by atoms with E-state index in [4.69, 9.17) is 9.47 Å². The first-order valence-electron chi connectivity index (χ1n) is 6.61. The van der Waals surface area contributed by atoms with Crippen molar-refractivity contribution in [2.24, 2.45) is 4.99 Å². The molecule has 1 aliphatic carbocycles. The van der Waals surface area contributed by atoms with E-state index in [1.54, 1.807) is 19.3 Å². The molecule has 1 aliphatic rings. The SMILES string of the molecule is COCc1cc(OC)c(F)cc1C1(N=C=O)CCCC1. The number of ether oxygens (including phenoxy) is 2. The van der Waals surface area contributed by atoms with Crippen molar-refractivity contribution in [3.05, 3.63) is 29.1 Å². The van der Waals surface area contributed by atoms with Gasteiger partial charge in [-0.25, -0.2) is 9.18 Å². The van der Waals surface area contributed by atoms with Crippen LogP contribution in [0.3, 0.4) is 0 Å². The number of methoxy groups -OCH3 is 2. The molecule has 1 saturated carbocycles. The van der Waals surface area contributed by atoms with Gasteiger partial charge in [0.25, 0.3) is 0 Å². The lowest BCUT2D eigenvalue weighted by Gasteiger charge is -2.26. The van der Waals surface area contributed by atoms with E-state index in [1.165, 1.54) is 13.2 Å². The average Bonchev–Trinajstić information content (AvgIpc) is 2.90. The molecule has 0 aromatic heterocycles. The summed E-state index contributed by atoms with van der Waals surface area (Å²) in [6.07, 6.45) is 5.03. The Morgan fingerprint density at radius 1 is 1.35 bits per heavy atom. The molecule has 0 N–H and O–H groups in total. The maximum atomic E-state index is 14.0. The zero-order chi connectivity index (χ0) is 14.6. The first-order valence-corrected chi connectivity index (χ1v) is 6.61. The van der Waals surface area contributed by atoms with Gasteiger partial charge in [0.1, 0.15) is 0 Å². The number of hydrogen-bond donors (Lipinski definition) is 0. The summed E-state index contributed by atoms with van der Waals surface area (Å²) in [7, 11) is 2.99. The molecule has 108 valence electrons. The van der Waals surface area contributed by atoms with E-state index in [2.05, 4.69) is 4.99 Å². The first kappa shape index (κ1) is 14.7. The van der Waals surface area contributed by atoms with E-state index >= 15 is 0 Å². The third-order valence-electron chi connectivity index (χ3n) is 3.87. The van der Waals surface area contributed by atoms with E-state index in [0.29, 0.717) is 12.2 Å². The smallest absolute Gasteiger partial charge is 0.235 e. The molecule has 5 heteroatoms. The molecular weight excluding hydrogens is 261 g/mol. The Kier molecular flexibility index (Phi) is 4.53. The minimum absolute atomic E-state index is 0.170. The summed E-state index contributed by atoms with van der Waals surface area (Å²) in [6, 6.07) is 3.04. The van der Waals surface area contributed by atoms with Crippen molar-refractivity contribution >= 4 is 6.08 Å². The zero-order valence-electron chi connectivity index (χ0n) is 11.7. The van der Waals surface area contributed by atoms with E-state index in [1.807, 2.05) is 0 Å². The molecule has 0 amide bonds. The quantitative estimate of drug-likeness (QED) is 0.614. The molecule has 0 heterocycles. The van der Waals surface area contributed by atoms with E-state index in [9.17, 15) is 9.18 Å². The topological polar surface area (TPSA) is 47.9 Å². The van der Waals surface area contributed by atoms with Crippen molar-refractivity contribution in [2.75, 3.05) is 14.2 Å². The Balaban J connectivity index is 2.58. The van der Waals surface area contributed by atoms with Crippen molar-refractivity contribution in [1.82, 2.24) is 0 Å². The molecule has 1 aromatic carbocycles. The minimum atomic E-state index is -0.664. The Morgan fingerprint density at radius 2 is 2.05 bits per heavy atom. The van der Waals surface area contributed by atoms with Gasteiger partial charge in [0.2, 0.25) is 6.08 Å². The van der Waals surface area contributed by atoms with Gasteiger partial charge in [-0.2, -0.15) is 4.99 Å². The fourth-order valence-corrected chi connectivity index (χ4v) is 2.95. The standard InChI is InChI=1S/C15H18FNO3/c1-19-9-11-7-14(20-2)13(16)8-12(11)15(17-10-18)5-3-4-6-15/h7-8H,3-6,9H2,1-2H3. The molecular formula is C15H18FNO3. The second kappa shape index (κ2) is 6.16. The molecule has 0 radical (unpaired) electrons. The molecule has 0 aliphatic heterocycles. The van der Waals surface area contributed by atoms with E-state index in [-0.39, 0.29) is 5.75 Å². The molecule has 0 saturated heterocycles. The molecule has 0 bridgehead atoms. The number of carbonyl (C=O) groups excluding carboxylic acids is 1. The van der Waals surface area contributed by atoms with Gasteiger partial charge in [0.15, 0.2) is 11.6 Å². The molecule has 1 fully saturated rings. The summed E-state index contributed by atoms with van der Waals surface area (Å²) in [5.41, 5.74) is 0.841. The second-order valence-corrected chi connectivity index (χ2v) is 5.02. The predicted octanol–water partition coefficient (Wildman–Crippen LogP) is 3.09. The zero-order valence-corrected chi connectivity index (χ0v) is 11.7. The highest BCUT2D eigenvalue weighted by molar-refractivity contribution is 5.45. The number of halogens is 1. The predicted molar refractivity (Wildman–Crippen MR) is 71.9 cm³/mol. The van der Waals surface area contributed by atoms with Crippen LogP contribution >= 0.6 is 0 Å². The number of rotatable bonds is 5. The lowest BCUT2D eigenvalue weighted by Crippen LogP contribution is -2.22. The second-order valence-electron chi connectivity index (χ2n) is 5.02. The maximum Gasteiger partial charge on any atom is 0.235 e. The summed E-state index contributed by atoms with van der Waals surface area (Å²) in [6.45, 7) is 0.322. The van der Waals surface area contributed by atoms with Crippen LogP contribution in [0.15, 0.2) is 17.1 Å². The molecule has 0 spiro atoms. The van der Waals surface area contributed by atoms with Crippen LogP contribution in [0.2, 0.25) is 0 Å². The molecule has 4 nitrogen and oxygen atoms in total. The number of nitrogens with zero attached hydrogens (tertiary/aromatic N) is 1. The summed E-state index contributed by atoms with van der Waals surface area (Å²) >= 11 is 0. The van der Waals surface area contributed by atoms with Gasteiger partial charge in [-0.05, 0) is 36.1 Å². The molecule has 2 rings (SSSR count). The van der Waals surface area contributed by atoms with Crippen molar-refractivity contribution in [2.45, 2.75) is 37.8 Å². The van der Waals surface area contributed by atoms with Gasteiger partial charge in [0.05, 0.1) is 19.3 Å². The van der Waals surface area contributed by atoms with Crippen LogP contribution in [0.5, 0.6) is 5.75 Å². The van der Waals surface area contributed by atoms with Crippen LogP contribution < -0.4 is 4.74 Å². The number of isocyanates is 1. The van der Waals surface area contributed by atoms with Crippen molar-refractivity contribution in [3.63, 3.8) is 0 Å². The normalized spacial score (nSPS) is 16.8. The lowest BCUT2D eigenvalue weighted by molar-refractivity contribution is 0.182. The fourth-order valence-electron chi connectivity index (χ4n) is 2.95. The highest BCUT2D eigenvalue weighted by Gasteiger charge is 2.38. The minimum Gasteiger partial charge on any atom is -0.494 e. The van der Waals surface area contributed by atoms with E-state index in [0.717, 1.165) is 31.2 Å². The van der Waals surface area contributed by atoms with Gasteiger partial charge >= 0.3 is 0 Å². The van der Waals surface area contributed by atoms with Gasteiger partial charge < -0.3 is 9.47 Å². The van der Waals surface area contributed by atoms with Crippen LogP contribution in [-0.4, -0.2) is 20.3 Å². The fraction of sp³-hybridized carbons (Fsp3) is 0.533. The Labute approximate surface area is 117 Å². The van der Waals surface area contributed by atoms with Crippen molar-refractivity contribution < 1.29 is 18.7 Å². The van der Waals surface area contributed by atoms with Crippen LogP contribution in [0.1, 0.15) is 36.8 Å². The average molecular weight is 279 g/mol. The van der Waals surface area contributed by atoms with Crippen LogP contribution in [0.4, 0.5) is 4.39 Å². The lowest BCUT2D eigenvalue weighted by atomic mass is 9.85. The first-order chi connectivity index (χ1) is 9.66. The van der Waals surface area contributed by atoms with E-state index < -0.39 is 11.4 Å². The number of benzene rings is 1. The highest BCUT2D eigenvalue weighted by atomic mass is 19.1. The number of aliphatic imine (C=N–C) groups is 1. The van der Waals surface area contributed by atoms with Crippen LogP contribution in [0.25, 0.3) is 0 Å². The highest BCUT2D eigenvalue weighted by Crippen LogP contribution is 2.44. The van der Waals surface area contributed by atoms with Gasteiger partial charge in [0, 0.05) is 7.11 Å². The summed E-state index contributed by atoms with van der Waals surface area (Å²) < 4.78 is 24.2. The molecule has 0 unspecified atom stereocenters.